The minimum absolute atomic E-state index is 0.323. The van der Waals surface area contributed by atoms with E-state index in [4.69, 9.17) is 0 Å². The van der Waals surface area contributed by atoms with Gasteiger partial charge in [0.2, 0.25) is 0 Å². The Balaban J connectivity index is 2.23. The van der Waals surface area contributed by atoms with E-state index >= 15 is 0 Å². The molecular weight excluding hydrogens is 242 g/mol. The molecule has 0 radical (unpaired) electrons. The average molecular weight is 261 g/mol. The van der Waals surface area contributed by atoms with Crippen LogP contribution in [0, 0.1) is 13.8 Å². The Labute approximate surface area is 112 Å². The van der Waals surface area contributed by atoms with Crippen LogP contribution in [0.4, 0.5) is 0 Å². The highest BCUT2D eigenvalue weighted by Gasteiger charge is 2.15. The Hall–Kier alpha value is -1.26. The number of nitrogens with zero attached hydrogens (tertiary/aromatic N) is 2. The summed E-state index contributed by atoms with van der Waals surface area (Å²) in [6.07, 6.45) is 2.93. The van der Waals surface area contributed by atoms with Crippen LogP contribution in [-0.2, 0) is 6.42 Å². The highest BCUT2D eigenvalue weighted by molar-refractivity contribution is 7.09. The molecule has 2 aromatic heterocycles. The van der Waals surface area contributed by atoms with Gasteiger partial charge in [0.05, 0.1) is 5.51 Å². The van der Waals surface area contributed by atoms with Crippen molar-refractivity contribution < 1.29 is 0 Å². The molecule has 0 aromatic carbocycles. The van der Waals surface area contributed by atoms with E-state index in [0.29, 0.717) is 6.04 Å². The lowest BCUT2D eigenvalue weighted by Crippen LogP contribution is -2.23. The van der Waals surface area contributed by atoms with Crippen molar-refractivity contribution >= 4 is 11.3 Å². The first-order chi connectivity index (χ1) is 8.70. The van der Waals surface area contributed by atoms with Crippen molar-refractivity contribution in [2.24, 2.45) is 0 Å². The van der Waals surface area contributed by atoms with Gasteiger partial charge in [-0.25, -0.2) is 0 Å². The molecule has 2 heterocycles. The summed E-state index contributed by atoms with van der Waals surface area (Å²) < 4.78 is 0. The fourth-order valence-electron chi connectivity index (χ4n) is 2.15. The maximum Gasteiger partial charge on any atom is 0.0794 e. The van der Waals surface area contributed by atoms with Crippen molar-refractivity contribution in [3.8, 4) is 0 Å². The maximum absolute atomic E-state index is 4.55. The van der Waals surface area contributed by atoms with Crippen molar-refractivity contribution in [3.05, 3.63) is 45.7 Å². The number of nitrogens with one attached hydrogen (secondary N) is 1. The van der Waals surface area contributed by atoms with Crippen LogP contribution in [0.3, 0.4) is 0 Å². The highest BCUT2D eigenvalue weighted by atomic mass is 32.1. The van der Waals surface area contributed by atoms with E-state index in [0.717, 1.165) is 24.4 Å². The van der Waals surface area contributed by atoms with Gasteiger partial charge in [-0.1, -0.05) is 13.0 Å². The quantitative estimate of drug-likeness (QED) is 0.899. The topological polar surface area (TPSA) is 37.8 Å². The van der Waals surface area contributed by atoms with E-state index in [1.54, 1.807) is 11.3 Å². The predicted octanol–water partition coefficient (Wildman–Crippen LogP) is 3.05. The van der Waals surface area contributed by atoms with Crippen molar-refractivity contribution in [2.45, 2.75) is 33.2 Å². The number of rotatable bonds is 5. The van der Waals surface area contributed by atoms with Gasteiger partial charge in [0, 0.05) is 34.9 Å². The molecule has 0 aliphatic carbocycles. The second kappa shape index (κ2) is 6.07. The molecule has 0 aliphatic heterocycles. The van der Waals surface area contributed by atoms with Gasteiger partial charge in [-0.2, -0.15) is 0 Å². The summed E-state index contributed by atoms with van der Waals surface area (Å²) in [5.41, 5.74) is 5.36. The van der Waals surface area contributed by atoms with Crippen LogP contribution < -0.4 is 5.32 Å². The Morgan fingerprint density at radius 1 is 1.33 bits per heavy atom. The van der Waals surface area contributed by atoms with E-state index in [-0.39, 0.29) is 0 Å². The van der Waals surface area contributed by atoms with Crippen LogP contribution in [0.15, 0.2) is 23.8 Å². The number of hydrogen-bond donors (Lipinski definition) is 1. The first-order valence-corrected chi connectivity index (χ1v) is 7.13. The molecule has 2 rings (SSSR count). The van der Waals surface area contributed by atoms with Crippen LogP contribution in [0.2, 0.25) is 0 Å². The van der Waals surface area contributed by atoms with Crippen molar-refractivity contribution in [1.82, 2.24) is 15.3 Å². The lowest BCUT2D eigenvalue weighted by atomic mass is 10.0. The molecule has 3 nitrogen and oxygen atoms in total. The molecule has 0 amide bonds. The number of pyridine rings is 1. The lowest BCUT2D eigenvalue weighted by molar-refractivity contribution is 0.548. The smallest absolute Gasteiger partial charge is 0.0794 e. The molecule has 0 saturated heterocycles. The minimum Gasteiger partial charge on any atom is -0.310 e. The molecule has 1 unspecified atom stereocenters. The Bertz CT molecular complexity index is 494. The summed E-state index contributed by atoms with van der Waals surface area (Å²) >= 11 is 1.71. The van der Waals surface area contributed by atoms with Gasteiger partial charge in [-0.05, 0) is 32.0 Å². The molecule has 18 heavy (non-hydrogen) atoms. The molecule has 0 spiro atoms. The maximum atomic E-state index is 4.55. The zero-order valence-corrected chi connectivity index (χ0v) is 11.9. The number of aryl methyl sites for hydroxylation is 2. The van der Waals surface area contributed by atoms with Crippen LogP contribution in [0.25, 0.3) is 0 Å². The van der Waals surface area contributed by atoms with Gasteiger partial charge in [0.1, 0.15) is 0 Å². The van der Waals surface area contributed by atoms with E-state index in [1.165, 1.54) is 10.4 Å². The molecule has 4 heteroatoms. The van der Waals surface area contributed by atoms with Crippen molar-refractivity contribution in [3.63, 3.8) is 0 Å². The van der Waals surface area contributed by atoms with Crippen LogP contribution >= 0.6 is 11.3 Å². The average Bonchev–Trinajstić information content (AvgIpc) is 2.81. The predicted molar refractivity (Wildman–Crippen MR) is 75.9 cm³/mol. The van der Waals surface area contributed by atoms with Crippen molar-refractivity contribution in [2.75, 3.05) is 6.54 Å². The first-order valence-electron chi connectivity index (χ1n) is 6.25. The van der Waals surface area contributed by atoms with Crippen LogP contribution in [0.5, 0.6) is 0 Å². The molecule has 0 saturated carbocycles. The third-order valence-corrected chi connectivity index (χ3v) is 3.78. The first kappa shape index (κ1) is 13.2. The normalized spacial score (nSPS) is 12.6. The Morgan fingerprint density at radius 2 is 2.17 bits per heavy atom. The highest BCUT2D eigenvalue weighted by Crippen LogP contribution is 2.22. The number of likely N-dealkylation sites (N-methyl/N-ethyl adjacent to an activating group) is 1. The molecule has 1 N–H and O–H groups in total. The SMILES string of the molecule is CCNC(Cc1cncs1)c1ccc(C)nc1C. The summed E-state index contributed by atoms with van der Waals surface area (Å²) in [6, 6.07) is 4.59. The second-order valence-electron chi connectivity index (χ2n) is 4.41. The summed E-state index contributed by atoms with van der Waals surface area (Å²) in [6.45, 7) is 7.20. The number of thiazole rings is 1. The van der Waals surface area contributed by atoms with E-state index in [9.17, 15) is 0 Å². The minimum atomic E-state index is 0.323. The van der Waals surface area contributed by atoms with Gasteiger partial charge in [0.25, 0.3) is 0 Å². The second-order valence-corrected chi connectivity index (χ2v) is 5.38. The number of hydrogen-bond acceptors (Lipinski definition) is 4. The summed E-state index contributed by atoms with van der Waals surface area (Å²) in [7, 11) is 0. The van der Waals surface area contributed by atoms with Crippen LogP contribution in [0.1, 0.15) is 34.8 Å². The lowest BCUT2D eigenvalue weighted by Gasteiger charge is -2.19. The third-order valence-electron chi connectivity index (χ3n) is 2.98. The molecular formula is C14H19N3S. The summed E-state index contributed by atoms with van der Waals surface area (Å²) in [4.78, 5) is 10.0. The van der Waals surface area contributed by atoms with E-state index in [1.807, 2.05) is 18.6 Å². The van der Waals surface area contributed by atoms with Gasteiger partial charge in [-0.15, -0.1) is 11.3 Å². The molecule has 0 bridgehead atoms. The van der Waals surface area contributed by atoms with Gasteiger partial charge >= 0.3 is 0 Å². The summed E-state index contributed by atoms with van der Waals surface area (Å²) in [5, 5.41) is 3.54. The summed E-state index contributed by atoms with van der Waals surface area (Å²) in [5.74, 6) is 0. The largest absolute Gasteiger partial charge is 0.310 e. The van der Waals surface area contributed by atoms with E-state index in [2.05, 4.69) is 41.3 Å². The monoisotopic (exact) mass is 261 g/mol. The molecule has 0 aliphatic rings. The zero-order chi connectivity index (χ0) is 13.0. The molecule has 1 atom stereocenters. The van der Waals surface area contributed by atoms with Gasteiger partial charge in [0.15, 0.2) is 0 Å². The fourth-order valence-corrected chi connectivity index (χ4v) is 2.79. The van der Waals surface area contributed by atoms with Crippen molar-refractivity contribution in [1.29, 1.82) is 0 Å². The van der Waals surface area contributed by atoms with Gasteiger partial charge in [-0.3, -0.25) is 9.97 Å². The molecule has 2 aromatic rings. The van der Waals surface area contributed by atoms with E-state index < -0.39 is 0 Å². The number of aromatic nitrogens is 2. The molecule has 0 fully saturated rings. The van der Waals surface area contributed by atoms with Crippen LogP contribution in [-0.4, -0.2) is 16.5 Å². The van der Waals surface area contributed by atoms with Gasteiger partial charge < -0.3 is 5.32 Å². The zero-order valence-electron chi connectivity index (χ0n) is 11.1. The fraction of sp³-hybridized carbons (Fsp3) is 0.429. The third kappa shape index (κ3) is 3.15. The molecule has 96 valence electrons. The Kier molecular flexibility index (Phi) is 4.44. The Morgan fingerprint density at radius 3 is 2.78 bits per heavy atom. The standard InChI is InChI=1S/C14H19N3S/c1-4-16-14(7-12-8-15-9-18-12)13-6-5-10(2)17-11(13)3/h5-6,8-9,14,16H,4,7H2,1-3H3.